The van der Waals surface area contributed by atoms with Gasteiger partial charge in [0, 0.05) is 18.9 Å². The van der Waals surface area contributed by atoms with Crippen LogP contribution in [0.1, 0.15) is 24.5 Å². The molecule has 1 atom stereocenters. The van der Waals surface area contributed by atoms with E-state index in [4.69, 9.17) is 0 Å². The van der Waals surface area contributed by atoms with Gasteiger partial charge in [-0.3, -0.25) is 0 Å². The van der Waals surface area contributed by atoms with Gasteiger partial charge in [-0.15, -0.1) is 0 Å². The van der Waals surface area contributed by atoms with E-state index in [1.165, 1.54) is 4.80 Å². The molecule has 6 nitrogen and oxygen atoms in total. The molecule has 3 aromatic rings. The Bertz CT molecular complexity index is 688. The zero-order chi connectivity index (χ0) is 13.9. The van der Waals surface area contributed by atoms with Crippen LogP contribution in [0.15, 0.2) is 48.9 Å². The third-order valence-corrected chi connectivity index (χ3v) is 3.11. The lowest BCUT2D eigenvalue weighted by atomic mass is 10.2. The van der Waals surface area contributed by atoms with E-state index >= 15 is 0 Å². The van der Waals surface area contributed by atoms with Crippen LogP contribution in [-0.2, 0) is 6.54 Å². The van der Waals surface area contributed by atoms with E-state index in [0.29, 0.717) is 11.5 Å². The second kappa shape index (κ2) is 5.26. The molecular weight excluding hydrogens is 254 g/mol. The Morgan fingerprint density at radius 3 is 2.80 bits per heavy atom. The summed E-state index contributed by atoms with van der Waals surface area (Å²) in [5.74, 6) is 0.576. The summed E-state index contributed by atoms with van der Waals surface area (Å²) in [6.07, 6.45) is 4.19. The van der Waals surface area contributed by atoms with Crippen molar-refractivity contribution in [2.75, 3.05) is 0 Å². The second-order valence-corrected chi connectivity index (χ2v) is 4.37. The van der Waals surface area contributed by atoms with Crippen LogP contribution in [0, 0.1) is 0 Å². The highest BCUT2D eigenvalue weighted by molar-refractivity contribution is 5.28. The summed E-state index contributed by atoms with van der Waals surface area (Å²) in [7, 11) is 0. The molecule has 20 heavy (non-hydrogen) atoms. The molecule has 0 amide bonds. The molecule has 0 saturated carbocycles. The first-order chi connectivity index (χ1) is 9.79. The highest BCUT2D eigenvalue weighted by atomic mass is 16.3. The Hall–Kier alpha value is -2.47. The summed E-state index contributed by atoms with van der Waals surface area (Å²) < 4.78 is 1.88. The smallest absolute Gasteiger partial charge is 0.157 e. The third-order valence-electron chi connectivity index (χ3n) is 3.11. The van der Waals surface area contributed by atoms with Crippen molar-refractivity contribution >= 4 is 0 Å². The molecule has 2 aromatic heterocycles. The highest BCUT2D eigenvalue weighted by Gasteiger charge is 2.19. The number of imidazole rings is 1. The van der Waals surface area contributed by atoms with Crippen molar-refractivity contribution in [1.82, 2.24) is 24.5 Å². The largest absolute Gasteiger partial charge is 0.379 e. The summed E-state index contributed by atoms with van der Waals surface area (Å²) in [5, 5.41) is 18.8. The number of rotatable bonds is 4. The van der Waals surface area contributed by atoms with E-state index in [2.05, 4.69) is 15.2 Å². The van der Waals surface area contributed by atoms with E-state index in [1.807, 2.05) is 48.0 Å². The van der Waals surface area contributed by atoms with Crippen LogP contribution in [-0.4, -0.2) is 29.7 Å². The fourth-order valence-electron chi connectivity index (χ4n) is 2.05. The number of nitrogens with zero attached hydrogens (tertiary/aromatic N) is 5. The molecule has 3 rings (SSSR count). The van der Waals surface area contributed by atoms with Gasteiger partial charge < -0.3 is 9.67 Å². The molecule has 0 aliphatic carbocycles. The first-order valence-corrected chi connectivity index (χ1v) is 6.46. The summed E-state index contributed by atoms with van der Waals surface area (Å²) >= 11 is 0. The minimum absolute atomic E-state index is 0.481. The SMILES string of the molecule is CCn1ccnc1C(O)c1cnn(-c2ccccc2)n1. The van der Waals surface area contributed by atoms with Crippen molar-refractivity contribution in [2.45, 2.75) is 19.6 Å². The first kappa shape index (κ1) is 12.6. The van der Waals surface area contributed by atoms with Crippen molar-refractivity contribution in [3.05, 3.63) is 60.4 Å². The molecule has 1 unspecified atom stereocenters. The number of aliphatic hydroxyl groups is 1. The average molecular weight is 269 g/mol. The van der Waals surface area contributed by atoms with Crippen LogP contribution >= 0.6 is 0 Å². The standard InChI is InChI=1S/C14H15N5O/c1-2-18-9-8-15-14(18)13(20)12-10-16-19(17-12)11-6-4-3-5-7-11/h3-10,13,20H,2H2,1H3. The van der Waals surface area contributed by atoms with Gasteiger partial charge in [0.15, 0.2) is 6.10 Å². The molecule has 0 fully saturated rings. The van der Waals surface area contributed by atoms with Crippen molar-refractivity contribution in [1.29, 1.82) is 0 Å². The van der Waals surface area contributed by atoms with Crippen LogP contribution in [0.25, 0.3) is 5.69 Å². The first-order valence-electron chi connectivity index (χ1n) is 6.46. The molecular formula is C14H15N5O. The lowest BCUT2D eigenvalue weighted by Gasteiger charge is -2.09. The van der Waals surface area contributed by atoms with Crippen LogP contribution < -0.4 is 0 Å². The van der Waals surface area contributed by atoms with Crippen molar-refractivity contribution in [3.8, 4) is 5.69 Å². The predicted octanol–water partition coefficient (Wildman–Crippen LogP) is 1.57. The van der Waals surface area contributed by atoms with Gasteiger partial charge in [0.25, 0.3) is 0 Å². The van der Waals surface area contributed by atoms with E-state index in [9.17, 15) is 5.11 Å². The highest BCUT2D eigenvalue weighted by Crippen LogP contribution is 2.18. The van der Waals surface area contributed by atoms with Gasteiger partial charge in [0.2, 0.25) is 0 Å². The maximum absolute atomic E-state index is 10.4. The predicted molar refractivity (Wildman–Crippen MR) is 73.3 cm³/mol. The number of hydrogen-bond donors (Lipinski definition) is 1. The Labute approximate surface area is 116 Å². The number of aryl methyl sites for hydroxylation is 1. The molecule has 0 aliphatic rings. The van der Waals surface area contributed by atoms with Crippen LogP contribution in [0.4, 0.5) is 0 Å². The van der Waals surface area contributed by atoms with Crippen LogP contribution in [0.3, 0.4) is 0 Å². The Balaban J connectivity index is 1.91. The van der Waals surface area contributed by atoms with E-state index in [1.54, 1.807) is 12.4 Å². The van der Waals surface area contributed by atoms with Crippen LogP contribution in [0.2, 0.25) is 0 Å². The molecule has 0 aliphatic heterocycles. The number of aliphatic hydroxyl groups excluding tert-OH is 1. The summed E-state index contributed by atoms with van der Waals surface area (Å²) in [6.45, 7) is 2.75. The number of hydrogen-bond acceptors (Lipinski definition) is 4. The normalized spacial score (nSPS) is 12.5. The molecule has 1 N–H and O–H groups in total. The monoisotopic (exact) mass is 269 g/mol. The maximum atomic E-state index is 10.4. The van der Waals surface area contributed by atoms with Crippen LogP contribution in [0.5, 0.6) is 0 Å². The fraction of sp³-hybridized carbons (Fsp3) is 0.214. The average Bonchev–Trinajstić information content (AvgIpc) is 3.16. The molecule has 102 valence electrons. The van der Waals surface area contributed by atoms with Crippen molar-refractivity contribution < 1.29 is 5.11 Å². The Morgan fingerprint density at radius 1 is 1.25 bits per heavy atom. The molecule has 6 heteroatoms. The maximum Gasteiger partial charge on any atom is 0.157 e. The molecule has 0 bridgehead atoms. The second-order valence-electron chi connectivity index (χ2n) is 4.37. The van der Waals surface area contributed by atoms with Gasteiger partial charge in [-0.25, -0.2) is 4.98 Å². The van der Waals surface area contributed by atoms with Gasteiger partial charge in [0.05, 0.1) is 11.9 Å². The zero-order valence-corrected chi connectivity index (χ0v) is 11.1. The minimum atomic E-state index is -0.873. The van der Waals surface area contributed by atoms with E-state index < -0.39 is 6.10 Å². The quantitative estimate of drug-likeness (QED) is 0.780. The van der Waals surface area contributed by atoms with Gasteiger partial charge in [-0.2, -0.15) is 15.0 Å². The molecule has 2 heterocycles. The van der Waals surface area contributed by atoms with Gasteiger partial charge in [-0.05, 0) is 19.1 Å². The molecule has 0 spiro atoms. The lowest BCUT2D eigenvalue weighted by molar-refractivity contribution is 0.199. The number of para-hydroxylation sites is 1. The van der Waals surface area contributed by atoms with Crippen molar-refractivity contribution in [3.63, 3.8) is 0 Å². The summed E-state index contributed by atoms with van der Waals surface area (Å²) in [4.78, 5) is 5.68. The third kappa shape index (κ3) is 2.21. The summed E-state index contributed by atoms with van der Waals surface area (Å²) in [6, 6.07) is 9.57. The van der Waals surface area contributed by atoms with Gasteiger partial charge in [-0.1, -0.05) is 18.2 Å². The number of aromatic nitrogens is 5. The van der Waals surface area contributed by atoms with Crippen molar-refractivity contribution in [2.24, 2.45) is 0 Å². The molecule has 0 saturated heterocycles. The summed E-state index contributed by atoms with van der Waals surface area (Å²) in [5.41, 5.74) is 1.33. The van der Waals surface area contributed by atoms with Gasteiger partial charge >= 0.3 is 0 Å². The Morgan fingerprint density at radius 2 is 2.05 bits per heavy atom. The molecule has 1 aromatic carbocycles. The van der Waals surface area contributed by atoms with E-state index in [-0.39, 0.29) is 0 Å². The fourth-order valence-corrected chi connectivity index (χ4v) is 2.05. The lowest BCUT2D eigenvalue weighted by Crippen LogP contribution is -2.10. The molecule has 0 radical (unpaired) electrons. The Kier molecular flexibility index (Phi) is 3.30. The van der Waals surface area contributed by atoms with Gasteiger partial charge in [0.1, 0.15) is 11.5 Å². The topological polar surface area (TPSA) is 68.8 Å². The zero-order valence-electron chi connectivity index (χ0n) is 11.1. The minimum Gasteiger partial charge on any atom is -0.379 e. The van der Waals surface area contributed by atoms with E-state index in [0.717, 1.165) is 12.2 Å². The number of benzene rings is 1.